The minimum atomic E-state index is 0.247. The summed E-state index contributed by atoms with van der Waals surface area (Å²) in [5, 5.41) is 2.79. The molecule has 0 N–H and O–H groups in total. The molecular weight excluding hydrogens is 158 g/mol. The molecule has 4 nitrogen and oxygen atoms in total. The number of hydrogen-bond acceptors (Lipinski definition) is 4. The molecule has 0 unspecified atom stereocenters. The summed E-state index contributed by atoms with van der Waals surface area (Å²) in [5.41, 5.74) is 0.247. The van der Waals surface area contributed by atoms with E-state index in [1.165, 1.54) is 20.3 Å². The van der Waals surface area contributed by atoms with Gasteiger partial charge < -0.3 is 9.47 Å². The third kappa shape index (κ3) is 1.53. The summed E-state index contributed by atoms with van der Waals surface area (Å²) in [7, 11) is 3.01. The van der Waals surface area contributed by atoms with Gasteiger partial charge in [-0.1, -0.05) is 0 Å². The highest BCUT2D eigenvalue weighted by Gasteiger charge is 2.03. The first-order valence-electron chi connectivity index (χ1n) is 3.37. The van der Waals surface area contributed by atoms with Crippen LogP contribution in [0.4, 0.5) is 5.69 Å². The summed E-state index contributed by atoms with van der Waals surface area (Å²) >= 11 is 0. The van der Waals surface area contributed by atoms with Gasteiger partial charge in [-0.3, -0.25) is 0 Å². The van der Waals surface area contributed by atoms with Gasteiger partial charge in [0.15, 0.2) is 5.69 Å². The maximum Gasteiger partial charge on any atom is 0.153 e. The van der Waals surface area contributed by atoms with Crippen LogP contribution >= 0.6 is 0 Å². The summed E-state index contributed by atoms with van der Waals surface area (Å²) in [4.78, 5) is 10.3. The van der Waals surface area contributed by atoms with Crippen LogP contribution in [-0.4, -0.2) is 14.2 Å². The molecule has 0 amide bonds. The molecule has 0 saturated carbocycles. The molecule has 0 atom stereocenters. The van der Waals surface area contributed by atoms with Gasteiger partial charge in [0, 0.05) is 6.07 Å². The van der Waals surface area contributed by atoms with E-state index >= 15 is 0 Å². The highest BCUT2D eigenvalue weighted by atomic mass is 16.5. The Morgan fingerprint density at radius 3 is 2.50 bits per heavy atom. The van der Waals surface area contributed by atoms with Crippen molar-refractivity contribution in [3.8, 4) is 11.5 Å². The lowest BCUT2D eigenvalue weighted by atomic mass is 10.3. The lowest BCUT2D eigenvalue weighted by molar-refractivity contribution is 0.404. The van der Waals surface area contributed by atoms with Gasteiger partial charge in [0.25, 0.3) is 0 Å². The highest BCUT2D eigenvalue weighted by Crippen LogP contribution is 2.30. The summed E-state index contributed by atoms with van der Waals surface area (Å²) in [6.45, 7) is 0. The molecule has 12 heavy (non-hydrogen) atoms. The van der Waals surface area contributed by atoms with E-state index < -0.39 is 0 Å². The monoisotopic (exact) mass is 167 g/mol. The second kappa shape index (κ2) is 3.71. The van der Waals surface area contributed by atoms with Crippen molar-refractivity contribution in [1.82, 2.24) is 0 Å². The maximum atomic E-state index is 10.3. The van der Waals surface area contributed by atoms with Gasteiger partial charge in [0.05, 0.1) is 14.2 Å². The van der Waals surface area contributed by atoms with Crippen LogP contribution in [0.3, 0.4) is 0 Å². The molecule has 0 spiro atoms. The minimum absolute atomic E-state index is 0.247. The molecule has 0 heterocycles. The topological polar surface area (TPSA) is 47.9 Å². The number of methoxy groups -OCH3 is 2. The van der Waals surface area contributed by atoms with Crippen molar-refractivity contribution in [2.75, 3.05) is 14.2 Å². The number of benzene rings is 1. The molecule has 64 valence electrons. The van der Waals surface area contributed by atoms with E-state index in [1.54, 1.807) is 12.1 Å². The number of nitrogens with zero attached hydrogens (tertiary/aromatic N) is 1. The van der Waals surface area contributed by atoms with Crippen LogP contribution in [0.15, 0.2) is 23.4 Å². The largest absolute Gasteiger partial charge is 0.497 e. The molecular formula is C8H9NO3. The van der Waals surface area contributed by atoms with Crippen LogP contribution < -0.4 is 9.47 Å². The smallest absolute Gasteiger partial charge is 0.153 e. The molecule has 0 aliphatic carbocycles. The van der Waals surface area contributed by atoms with E-state index in [-0.39, 0.29) is 5.69 Å². The number of hydrogen-bond donors (Lipinski definition) is 0. The van der Waals surface area contributed by atoms with Crippen molar-refractivity contribution in [3.05, 3.63) is 23.1 Å². The third-order valence-corrected chi connectivity index (χ3v) is 1.48. The van der Waals surface area contributed by atoms with Crippen LogP contribution in [0, 0.1) is 4.91 Å². The maximum absolute atomic E-state index is 10.3. The molecule has 0 fully saturated rings. The van der Waals surface area contributed by atoms with Gasteiger partial charge in [-0.25, -0.2) is 0 Å². The molecule has 0 bridgehead atoms. The Kier molecular flexibility index (Phi) is 2.63. The fraction of sp³-hybridized carbons (Fsp3) is 0.250. The van der Waals surface area contributed by atoms with Crippen LogP contribution in [0.5, 0.6) is 11.5 Å². The normalized spacial score (nSPS) is 9.17. The second-order valence-corrected chi connectivity index (χ2v) is 2.13. The Balaban J connectivity index is 3.10. The molecule has 1 rings (SSSR count). The first-order valence-corrected chi connectivity index (χ1v) is 3.37. The second-order valence-electron chi connectivity index (χ2n) is 2.13. The Morgan fingerprint density at radius 2 is 2.00 bits per heavy atom. The molecule has 1 aromatic rings. The summed E-state index contributed by atoms with van der Waals surface area (Å²) < 4.78 is 9.79. The van der Waals surface area contributed by atoms with Gasteiger partial charge in [-0.15, -0.1) is 4.91 Å². The van der Waals surface area contributed by atoms with E-state index in [2.05, 4.69) is 5.18 Å². The fourth-order valence-corrected chi connectivity index (χ4v) is 0.868. The van der Waals surface area contributed by atoms with Crippen molar-refractivity contribution in [3.63, 3.8) is 0 Å². The number of nitroso groups, excluding NO2 is 1. The Labute approximate surface area is 70.1 Å². The lowest BCUT2D eigenvalue weighted by Gasteiger charge is -2.03. The molecule has 0 aromatic heterocycles. The van der Waals surface area contributed by atoms with Gasteiger partial charge in [-0.2, -0.15) is 0 Å². The molecule has 0 radical (unpaired) electrons. The fourth-order valence-electron chi connectivity index (χ4n) is 0.868. The lowest BCUT2D eigenvalue weighted by Crippen LogP contribution is -1.85. The zero-order valence-electron chi connectivity index (χ0n) is 6.90. The summed E-state index contributed by atoms with van der Waals surface area (Å²) in [6, 6.07) is 4.86. The predicted molar refractivity (Wildman–Crippen MR) is 45.0 cm³/mol. The van der Waals surface area contributed by atoms with E-state index in [9.17, 15) is 4.91 Å². The van der Waals surface area contributed by atoms with Crippen LogP contribution in [0.2, 0.25) is 0 Å². The van der Waals surface area contributed by atoms with Crippen LogP contribution in [-0.2, 0) is 0 Å². The third-order valence-electron chi connectivity index (χ3n) is 1.48. The quantitative estimate of drug-likeness (QED) is 0.647. The zero-order chi connectivity index (χ0) is 8.97. The number of rotatable bonds is 3. The van der Waals surface area contributed by atoms with E-state index in [1.807, 2.05) is 0 Å². The highest BCUT2D eigenvalue weighted by molar-refractivity contribution is 5.55. The Hall–Kier alpha value is -1.58. The molecule has 0 aliphatic heterocycles. The average Bonchev–Trinajstić information content (AvgIpc) is 2.16. The van der Waals surface area contributed by atoms with Gasteiger partial charge >= 0.3 is 0 Å². The van der Waals surface area contributed by atoms with Crippen LogP contribution in [0.1, 0.15) is 0 Å². The van der Waals surface area contributed by atoms with Crippen molar-refractivity contribution in [2.45, 2.75) is 0 Å². The van der Waals surface area contributed by atoms with Crippen LogP contribution in [0.25, 0.3) is 0 Å². The zero-order valence-corrected chi connectivity index (χ0v) is 6.90. The van der Waals surface area contributed by atoms with Gasteiger partial charge in [-0.05, 0) is 17.3 Å². The first-order chi connectivity index (χ1) is 5.81. The van der Waals surface area contributed by atoms with E-state index in [0.717, 1.165) is 0 Å². The van der Waals surface area contributed by atoms with E-state index in [0.29, 0.717) is 11.5 Å². The average molecular weight is 167 g/mol. The van der Waals surface area contributed by atoms with Crippen molar-refractivity contribution >= 4 is 5.69 Å². The molecule has 0 aliphatic rings. The molecule has 4 heteroatoms. The standard InChI is InChI=1S/C8H9NO3/c1-11-6-3-4-8(12-2)7(5-6)9-10/h3-5H,1-2H3. The van der Waals surface area contributed by atoms with Gasteiger partial charge in [0.1, 0.15) is 11.5 Å². The van der Waals surface area contributed by atoms with E-state index in [4.69, 9.17) is 9.47 Å². The Bertz CT molecular complexity index is 286. The van der Waals surface area contributed by atoms with Crippen molar-refractivity contribution < 1.29 is 9.47 Å². The Morgan fingerprint density at radius 1 is 1.25 bits per heavy atom. The molecule has 0 saturated heterocycles. The summed E-state index contributed by atoms with van der Waals surface area (Å²) in [5.74, 6) is 1.04. The van der Waals surface area contributed by atoms with Gasteiger partial charge in [0.2, 0.25) is 0 Å². The van der Waals surface area contributed by atoms with Crippen molar-refractivity contribution in [1.29, 1.82) is 0 Å². The first kappa shape index (κ1) is 8.52. The minimum Gasteiger partial charge on any atom is -0.497 e. The van der Waals surface area contributed by atoms with Crippen molar-refractivity contribution in [2.24, 2.45) is 5.18 Å². The molecule has 1 aromatic carbocycles. The number of ether oxygens (including phenoxy) is 2. The predicted octanol–water partition coefficient (Wildman–Crippen LogP) is 2.10. The summed E-state index contributed by atoms with van der Waals surface area (Å²) in [6.07, 6.45) is 0. The SMILES string of the molecule is COc1ccc(OC)c(N=O)c1.